The van der Waals surface area contributed by atoms with Crippen molar-refractivity contribution in [1.82, 2.24) is 9.88 Å². The molecule has 1 N–H and O–H groups in total. The van der Waals surface area contributed by atoms with Crippen LogP contribution in [0.3, 0.4) is 0 Å². The van der Waals surface area contributed by atoms with Gasteiger partial charge in [-0.25, -0.2) is 0 Å². The zero-order valence-electron chi connectivity index (χ0n) is 14.3. The van der Waals surface area contributed by atoms with Gasteiger partial charge in [0.15, 0.2) is 6.29 Å². The van der Waals surface area contributed by atoms with Crippen LogP contribution >= 0.6 is 23.5 Å². The highest BCUT2D eigenvalue weighted by atomic mass is 32.2. The van der Waals surface area contributed by atoms with Crippen LogP contribution < -0.4 is 0 Å². The van der Waals surface area contributed by atoms with E-state index in [9.17, 15) is 4.79 Å². The molecule has 2 heterocycles. The molecule has 0 aromatic carbocycles. The maximum atomic E-state index is 11.6. The largest absolute Gasteiger partial charge is 0.356 e. The molecule has 1 aliphatic heterocycles. The Morgan fingerprint density at radius 2 is 2.00 bits per heavy atom. The van der Waals surface area contributed by atoms with E-state index in [2.05, 4.69) is 47.3 Å². The molecular formula is C18H28N2OS2. The van der Waals surface area contributed by atoms with Crippen LogP contribution in [-0.4, -0.2) is 47.3 Å². The first-order valence-corrected chi connectivity index (χ1v) is 10.9. The molecule has 1 aromatic heterocycles. The van der Waals surface area contributed by atoms with Crippen LogP contribution in [0.5, 0.6) is 0 Å². The van der Waals surface area contributed by atoms with E-state index < -0.39 is 0 Å². The van der Waals surface area contributed by atoms with Crippen LogP contribution in [-0.2, 0) is 16.9 Å². The van der Waals surface area contributed by atoms with Crippen LogP contribution in [0.2, 0.25) is 0 Å². The van der Waals surface area contributed by atoms with E-state index >= 15 is 0 Å². The van der Waals surface area contributed by atoms with Crippen LogP contribution in [0.4, 0.5) is 0 Å². The molecule has 0 saturated carbocycles. The summed E-state index contributed by atoms with van der Waals surface area (Å²) in [5.74, 6) is 2.48. The minimum Gasteiger partial charge on any atom is -0.356 e. The van der Waals surface area contributed by atoms with E-state index in [1.54, 1.807) is 0 Å². The van der Waals surface area contributed by atoms with Crippen molar-refractivity contribution in [1.29, 1.82) is 0 Å². The number of H-pyrrole nitrogens is 1. The van der Waals surface area contributed by atoms with Gasteiger partial charge >= 0.3 is 0 Å². The van der Waals surface area contributed by atoms with Gasteiger partial charge in [-0.15, -0.1) is 23.5 Å². The van der Waals surface area contributed by atoms with Crippen LogP contribution in [0.15, 0.2) is 0 Å². The molecule has 2 aliphatic rings. The number of hydrogen-bond acceptors (Lipinski definition) is 4. The summed E-state index contributed by atoms with van der Waals surface area (Å²) < 4.78 is 0.232. The summed E-state index contributed by atoms with van der Waals surface area (Å²) in [5.41, 5.74) is 5.02. The predicted molar refractivity (Wildman–Crippen MR) is 102 cm³/mol. The summed E-state index contributed by atoms with van der Waals surface area (Å²) in [4.78, 5) is 17.5. The fourth-order valence-electron chi connectivity index (χ4n) is 4.01. The summed E-state index contributed by atoms with van der Waals surface area (Å²) in [6.07, 6.45) is 6.81. The highest BCUT2D eigenvalue weighted by Gasteiger charge is 2.43. The van der Waals surface area contributed by atoms with E-state index in [0.29, 0.717) is 0 Å². The summed E-state index contributed by atoms with van der Waals surface area (Å²) in [6.45, 7) is 7.78. The van der Waals surface area contributed by atoms with Gasteiger partial charge in [0.05, 0.1) is 9.77 Å². The normalized spacial score (nSPS) is 19.4. The molecule has 1 aromatic rings. The van der Waals surface area contributed by atoms with Gasteiger partial charge in [0, 0.05) is 22.8 Å². The van der Waals surface area contributed by atoms with Crippen LogP contribution in [0.25, 0.3) is 0 Å². The third kappa shape index (κ3) is 3.38. The number of fused-ring (bicyclic) bond motifs is 2. The summed E-state index contributed by atoms with van der Waals surface area (Å²) in [5, 5.41) is 0. The van der Waals surface area contributed by atoms with Gasteiger partial charge in [0.25, 0.3) is 0 Å². The molecule has 1 aliphatic carbocycles. The number of hydrogen-bond donors (Lipinski definition) is 1. The highest BCUT2D eigenvalue weighted by molar-refractivity contribution is 8.20. The molecule has 0 radical (unpaired) electrons. The molecule has 128 valence electrons. The SMILES string of the molecule is CCN(CC)CCCc1c(C=O)[nH]c2c1C1(CCC2)SCCS1. The highest BCUT2D eigenvalue weighted by Crippen LogP contribution is 2.59. The van der Waals surface area contributed by atoms with Gasteiger partial charge in [0.2, 0.25) is 0 Å². The Morgan fingerprint density at radius 1 is 1.26 bits per heavy atom. The number of aldehydes is 1. The number of carbonyl (C=O) groups is 1. The quantitative estimate of drug-likeness (QED) is 0.751. The van der Waals surface area contributed by atoms with E-state index in [0.717, 1.165) is 50.9 Å². The summed E-state index contributed by atoms with van der Waals surface area (Å²) >= 11 is 4.22. The first-order valence-electron chi connectivity index (χ1n) is 8.93. The molecule has 0 bridgehead atoms. The molecule has 5 heteroatoms. The Hall–Kier alpha value is -0.390. The van der Waals surface area contributed by atoms with E-state index in [1.165, 1.54) is 41.2 Å². The van der Waals surface area contributed by atoms with Crippen molar-refractivity contribution in [2.45, 2.75) is 50.0 Å². The Morgan fingerprint density at radius 3 is 2.65 bits per heavy atom. The minimum atomic E-state index is 0.232. The Balaban J connectivity index is 1.84. The topological polar surface area (TPSA) is 36.1 Å². The van der Waals surface area contributed by atoms with Gasteiger partial charge in [-0.3, -0.25) is 4.79 Å². The molecular weight excluding hydrogens is 324 g/mol. The lowest BCUT2D eigenvalue weighted by molar-refractivity contribution is 0.111. The summed E-state index contributed by atoms with van der Waals surface area (Å²) in [7, 11) is 0. The van der Waals surface area contributed by atoms with Crippen LogP contribution in [0, 0.1) is 0 Å². The first-order chi connectivity index (χ1) is 11.2. The first kappa shape index (κ1) is 17.4. The average molecular weight is 353 g/mol. The lowest BCUT2D eigenvalue weighted by Gasteiger charge is -2.33. The standard InChI is InChI=1S/C18H28N2OS2/c1-3-20(4-2)10-6-7-14-16(13-21)19-15-8-5-9-18(17(14)15)22-11-12-23-18/h13,19H,3-12H2,1-2H3. The van der Waals surface area contributed by atoms with Gasteiger partial charge in [0.1, 0.15) is 0 Å². The summed E-state index contributed by atoms with van der Waals surface area (Å²) in [6, 6.07) is 0. The molecule has 0 amide bonds. The molecule has 23 heavy (non-hydrogen) atoms. The van der Waals surface area contributed by atoms with Gasteiger partial charge < -0.3 is 9.88 Å². The molecule has 3 rings (SSSR count). The van der Waals surface area contributed by atoms with E-state index in [4.69, 9.17) is 0 Å². The lowest BCUT2D eigenvalue weighted by Crippen LogP contribution is -2.25. The van der Waals surface area contributed by atoms with Gasteiger partial charge in [-0.05, 0) is 57.3 Å². The maximum absolute atomic E-state index is 11.6. The fraction of sp³-hybridized carbons (Fsp3) is 0.722. The number of aromatic amines is 1. The number of carbonyl (C=O) groups excluding carboxylic acids is 1. The minimum absolute atomic E-state index is 0.232. The third-order valence-corrected chi connectivity index (χ3v) is 8.73. The molecule has 0 unspecified atom stereocenters. The maximum Gasteiger partial charge on any atom is 0.166 e. The van der Waals surface area contributed by atoms with Gasteiger partial charge in [-0.1, -0.05) is 13.8 Å². The predicted octanol–water partition coefficient (Wildman–Crippen LogP) is 4.07. The second kappa shape index (κ2) is 7.66. The smallest absolute Gasteiger partial charge is 0.166 e. The number of thioether (sulfide) groups is 2. The number of aromatic nitrogens is 1. The number of aryl methyl sites for hydroxylation is 1. The van der Waals surface area contributed by atoms with E-state index in [-0.39, 0.29) is 4.08 Å². The number of nitrogens with one attached hydrogen (secondary N) is 1. The number of nitrogens with zero attached hydrogens (tertiary/aromatic N) is 1. The lowest BCUT2D eigenvalue weighted by atomic mass is 9.91. The molecule has 1 saturated heterocycles. The van der Waals surface area contributed by atoms with Crippen molar-refractivity contribution < 1.29 is 4.79 Å². The van der Waals surface area contributed by atoms with Crippen molar-refractivity contribution in [2.75, 3.05) is 31.1 Å². The van der Waals surface area contributed by atoms with Crippen molar-refractivity contribution in [3.8, 4) is 0 Å². The zero-order chi connectivity index (χ0) is 16.3. The zero-order valence-corrected chi connectivity index (χ0v) is 16.0. The van der Waals surface area contributed by atoms with Crippen molar-refractivity contribution in [2.24, 2.45) is 0 Å². The monoisotopic (exact) mass is 352 g/mol. The third-order valence-electron chi connectivity index (χ3n) is 5.19. The van der Waals surface area contributed by atoms with Gasteiger partial charge in [-0.2, -0.15) is 0 Å². The number of rotatable bonds is 7. The van der Waals surface area contributed by atoms with Crippen molar-refractivity contribution in [3.63, 3.8) is 0 Å². The second-order valence-electron chi connectivity index (χ2n) is 6.42. The Bertz CT molecular complexity index is 545. The van der Waals surface area contributed by atoms with Crippen LogP contribution in [0.1, 0.15) is 60.4 Å². The molecule has 1 fully saturated rings. The Labute approximate surface area is 148 Å². The van der Waals surface area contributed by atoms with Crippen molar-refractivity contribution in [3.05, 3.63) is 22.5 Å². The fourth-order valence-corrected chi connectivity index (χ4v) is 7.53. The average Bonchev–Trinajstić information content (AvgIpc) is 3.17. The Kier molecular flexibility index (Phi) is 5.81. The van der Waals surface area contributed by atoms with Crippen molar-refractivity contribution >= 4 is 29.8 Å². The molecule has 3 nitrogen and oxygen atoms in total. The van der Waals surface area contributed by atoms with E-state index in [1.807, 2.05) is 0 Å². The molecule has 0 atom stereocenters. The second-order valence-corrected chi connectivity index (χ2v) is 9.47. The molecule has 1 spiro atoms.